The van der Waals surface area contributed by atoms with Crippen molar-refractivity contribution in [1.29, 1.82) is 0 Å². The Morgan fingerprint density at radius 3 is 2.63 bits per heavy atom. The van der Waals surface area contributed by atoms with E-state index < -0.39 is 0 Å². The summed E-state index contributed by atoms with van der Waals surface area (Å²) in [6, 6.07) is 0.558. The molecule has 1 aliphatic carbocycles. The van der Waals surface area contributed by atoms with Gasteiger partial charge < -0.3 is 15.8 Å². The van der Waals surface area contributed by atoms with Gasteiger partial charge in [0, 0.05) is 12.6 Å². The number of rotatable bonds is 4. The van der Waals surface area contributed by atoms with Crippen molar-refractivity contribution in [2.24, 2.45) is 10.9 Å². The first-order valence-corrected chi connectivity index (χ1v) is 6.82. The van der Waals surface area contributed by atoms with Crippen LogP contribution in [0.3, 0.4) is 0 Å². The zero-order chi connectivity index (χ0) is 13.7. The number of aromatic nitrogens is 2. The van der Waals surface area contributed by atoms with Crippen molar-refractivity contribution in [3.8, 4) is 0 Å². The molecular weight excluding hydrogens is 242 g/mol. The van der Waals surface area contributed by atoms with E-state index in [1.807, 2.05) is 0 Å². The van der Waals surface area contributed by atoms with E-state index in [9.17, 15) is 0 Å². The summed E-state index contributed by atoms with van der Waals surface area (Å²) in [5.41, 5.74) is 5.87. The number of anilines is 1. The van der Waals surface area contributed by atoms with Crippen molar-refractivity contribution in [2.45, 2.75) is 45.1 Å². The maximum absolute atomic E-state index is 8.60. The van der Waals surface area contributed by atoms with Crippen LogP contribution in [0.25, 0.3) is 0 Å². The molecule has 0 saturated heterocycles. The van der Waals surface area contributed by atoms with E-state index in [-0.39, 0.29) is 5.84 Å². The van der Waals surface area contributed by atoms with Crippen LogP contribution in [0, 0.1) is 0 Å². The van der Waals surface area contributed by atoms with Gasteiger partial charge in [-0.15, -0.1) is 0 Å². The molecule has 6 heteroatoms. The van der Waals surface area contributed by atoms with Crippen LogP contribution in [0.2, 0.25) is 0 Å². The number of nitrogens with zero attached hydrogens (tertiary/aromatic N) is 4. The predicted octanol–water partition coefficient (Wildman–Crippen LogP) is 1.73. The average molecular weight is 263 g/mol. The second-order valence-corrected chi connectivity index (χ2v) is 4.82. The Morgan fingerprint density at radius 2 is 2.11 bits per heavy atom. The van der Waals surface area contributed by atoms with Crippen LogP contribution in [0.5, 0.6) is 0 Å². The van der Waals surface area contributed by atoms with E-state index in [1.165, 1.54) is 32.1 Å². The molecule has 0 bridgehead atoms. The summed E-state index contributed by atoms with van der Waals surface area (Å²) in [4.78, 5) is 10.9. The number of hydrogen-bond donors (Lipinski definition) is 2. The van der Waals surface area contributed by atoms with Gasteiger partial charge in [-0.3, -0.25) is 0 Å². The molecule has 1 heterocycles. The van der Waals surface area contributed by atoms with Gasteiger partial charge in [0.05, 0.1) is 12.4 Å². The van der Waals surface area contributed by atoms with Gasteiger partial charge in [-0.1, -0.05) is 24.4 Å². The van der Waals surface area contributed by atoms with E-state index in [4.69, 9.17) is 10.9 Å². The number of oxime groups is 1. The van der Waals surface area contributed by atoms with Crippen LogP contribution in [-0.2, 0) is 0 Å². The Balaban J connectivity index is 2.14. The lowest BCUT2D eigenvalue weighted by Gasteiger charge is -2.34. The lowest BCUT2D eigenvalue weighted by atomic mass is 9.94. The third-order valence-corrected chi connectivity index (χ3v) is 3.66. The van der Waals surface area contributed by atoms with Gasteiger partial charge in [0.25, 0.3) is 0 Å². The quantitative estimate of drug-likeness (QED) is 0.374. The first-order valence-electron chi connectivity index (χ1n) is 6.82. The molecule has 0 aliphatic heterocycles. The molecule has 1 aromatic rings. The Morgan fingerprint density at radius 1 is 1.37 bits per heavy atom. The Labute approximate surface area is 113 Å². The molecule has 0 atom stereocenters. The number of nitrogens with two attached hydrogens (primary N) is 1. The third-order valence-electron chi connectivity index (χ3n) is 3.66. The van der Waals surface area contributed by atoms with Crippen LogP contribution in [-0.4, -0.2) is 33.6 Å². The average Bonchev–Trinajstić information content (AvgIpc) is 2.49. The van der Waals surface area contributed by atoms with Crippen molar-refractivity contribution >= 4 is 11.7 Å². The van der Waals surface area contributed by atoms with Crippen LogP contribution in [0.15, 0.2) is 17.5 Å². The Hall–Kier alpha value is -1.85. The molecule has 0 radical (unpaired) electrons. The molecule has 104 valence electrons. The maximum Gasteiger partial charge on any atom is 0.190 e. The maximum atomic E-state index is 8.60. The molecule has 3 N–H and O–H groups in total. The molecule has 0 unspecified atom stereocenters. The predicted molar refractivity (Wildman–Crippen MR) is 74.4 cm³/mol. The summed E-state index contributed by atoms with van der Waals surface area (Å²) in [6.07, 6.45) is 9.60. The third kappa shape index (κ3) is 3.13. The molecule has 0 spiro atoms. The van der Waals surface area contributed by atoms with E-state index in [2.05, 4.69) is 26.9 Å². The van der Waals surface area contributed by atoms with Gasteiger partial charge in [-0.05, 0) is 19.8 Å². The van der Waals surface area contributed by atoms with E-state index >= 15 is 0 Å². The highest BCUT2D eigenvalue weighted by Gasteiger charge is 2.21. The van der Waals surface area contributed by atoms with Crippen molar-refractivity contribution in [3.05, 3.63) is 18.1 Å². The highest BCUT2D eigenvalue weighted by atomic mass is 16.4. The van der Waals surface area contributed by atoms with Crippen molar-refractivity contribution < 1.29 is 5.21 Å². The summed E-state index contributed by atoms with van der Waals surface area (Å²) < 4.78 is 0. The van der Waals surface area contributed by atoms with Crippen molar-refractivity contribution in [3.63, 3.8) is 0 Å². The smallest absolute Gasteiger partial charge is 0.190 e. The minimum atomic E-state index is -0.0141. The zero-order valence-corrected chi connectivity index (χ0v) is 11.3. The molecule has 0 aromatic carbocycles. The van der Waals surface area contributed by atoms with E-state index in [1.54, 1.807) is 12.4 Å². The van der Waals surface area contributed by atoms with Gasteiger partial charge in [0.1, 0.15) is 11.5 Å². The summed E-state index contributed by atoms with van der Waals surface area (Å²) in [5, 5.41) is 11.5. The largest absolute Gasteiger partial charge is 0.409 e. The molecule has 1 aromatic heterocycles. The summed E-state index contributed by atoms with van der Waals surface area (Å²) in [6.45, 7) is 3.05. The molecule has 0 amide bonds. The molecule has 2 rings (SSSR count). The SMILES string of the molecule is CCN(c1cnc(C(N)=NO)cn1)C1CCCCC1. The second-order valence-electron chi connectivity index (χ2n) is 4.82. The lowest BCUT2D eigenvalue weighted by Crippen LogP contribution is -2.37. The first-order chi connectivity index (χ1) is 9.26. The number of hydrogen-bond acceptors (Lipinski definition) is 5. The van der Waals surface area contributed by atoms with Gasteiger partial charge in [0.2, 0.25) is 0 Å². The fourth-order valence-corrected chi connectivity index (χ4v) is 2.65. The summed E-state index contributed by atoms with van der Waals surface area (Å²) in [7, 11) is 0. The molecule has 1 saturated carbocycles. The standard InChI is InChI=1S/C13H21N5O/c1-2-18(10-6-4-3-5-7-10)12-9-15-11(8-16-12)13(14)17-19/h8-10,19H,2-7H2,1H3,(H2,14,17). The molecule has 1 fully saturated rings. The van der Waals surface area contributed by atoms with Gasteiger partial charge in [-0.25, -0.2) is 9.97 Å². The Kier molecular flexibility index (Phi) is 4.54. The van der Waals surface area contributed by atoms with Crippen molar-refractivity contribution in [1.82, 2.24) is 9.97 Å². The minimum Gasteiger partial charge on any atom is -0.409 e. The molecular formula is C13H21N5O. The monoisotopic (exact) mass is 263 g/mol. The molecule has 19 heavy (non-hydrogen) atoms. The lowest BCUT2D eigenvalue weighted by molar-refractivity contribution is 0.318. The van der Waals surface area contributed by atoms with Crippen LogP contribution in [0.1, 0.15) is 44.7 Å². The first kappa shape index (κ1) is 13.6. The highest BCUT2D eigenvalue weighted by Crippen LogP contribution is 2.25. The number of amidine groups is 1. The second kappa shape index (κ2) is 6.36. The fraction of sp³-hybridized carbons (Fsp3) is 0.615. The molecule has 1 aliphatic rings. The van der Waals surface area contributed by atoms with Crippen molar-refractivity contribution in [2.75, 3.05) is 11.4 Å². The van der Waals surface area contributed by atoms with Crippen LogP contribution in [0.4, 0.5) is 5.82 Å². The minimum absolute atomic E-state index is 0.0141. The van der Waals surface area contributed by atoms with Crippen LogP contribution < -0.4 is 10.6 Å². The fourth-order valence-electron chi connectivity index (χ4n) is 2.65. The zero-order valence-electron chi connectivity index (χ0n) is 11.3. The molecule has 6 nitrogen and oxygen atoms in total. The van der Waals surface area contributed by atoms with Gasteiger partial charge in [0.15, 0.2) is 5.84 Å². The normalized spacial score (nSPS) is 17.4. The topological polar surface area (TPSA) is 87.6 Å². The van der Waals surface area contributed by atoms with E-state index in [0.717, 1.165) is 12.4 Å². The van der Waals surface area contributed by atoms with Crippen LogP contribution >= 0.6 is 0 Å². The summed E-state index contributed by atoms with van der Waals surface area (Å²) in [5.74, 6) is 0.851. The highest BCUT2D eigenvalue weighted by molar-refractivity contribution is 5.94. The van der Waals surface area contributed by atoms with Gasteiger partial charge >= 0.3 is 0 Å². The van der Waals surface area contributed by atoms with E-state index in [0.29, 0.717) is 11.7 Å². The van der Waals surface area contributed by atoms with Gasteiger partial charge in [-0.2, -0.15) is 0 Å². The Bertz CT molecular complexity index is 425. The summed E-state index contributed by atoms with van der Waals surface area (Å²) >= 11 is 0.